The van der Waals surface area contributed by atoms with Crippen LogP contribution in [0.3, 0.4) is 0 Å². The molecule has 0 unspecified atom stereocenters. The molecule has 2 rings (SSSR count). The van der Waals surface area contributed by atoms with E-state index >= 15 is 0 Å². The Morgan fingerprint density at radius 1 is 1.19 bits per heavy atom. The van der Waals surface area contributed by atoms with Crippen LogP contribution in [0.4, 0.5) is 0 Å². The molecule has 0 saturated heterocycles. The first-order chi connectivity index (χ1) is 10.1. The van der Waals surface area contributed by atoms with E-state index in [1.54, 1.807) is 30.3 Å². The van der Waals surface area contributed by atoms with E-state index in [4.69, 9.17) is 37.9 Å². The van der Waals surface area contributed by atoms with Gasteiger partial charge in [0.15, 0.2) is 6.61 Å². The van der Waals surface area contributed by atoms with Crippen molar-refractivity contribution in [3.63, 3.8) is 0 Å². The molecule has 0 aliphatic carbocycles. The third-order valence-electron chi connectivity index (χ3n) is 2.43. The number of rotatable bonds is 4. The first-order valence-corrected chi connectivity index (χ1v) is 6.63. The minimum absolute atomic E-state index is 0.282. The van der Waals surface area contributed by atoms with Gasteiger partial charge in [0.05, 0.1) is 16.7 Å². The van der Waals surface area contributed by atoms with Gasteiger partial charge in [-0.2, -0.15) is 5.26 Å². The quantitative estimate of drug-likeness (QED) is 0.634. The largest absolute Gasteiger partial charge is 0.480 e. The number of hydrogen-bond donors (Lipinski definition) is 0. The Hall–Kier alpha value is -2.22. The second kappa shape index (κ2) is 6.98. The summed E-state index contributed by atoms with van der Waals surface area (Å²) >= 11 is 11.7. The topological polar surface area (TPSA) is 59.3 Å². The third kappa shape index (κ3) is 4.38. The molecule has 106 valence electrons. The molecular formula is C15H9Cl2NO3. The van der Waals surface area contributed by atoms with Crippen LogP contribution in [-0.4, -0.2) is 12.6 Å². The molecule has 0 atom stereocenters. The van der Waals surface area contributed by atoms with Crippen molar-refractivity contribution in [3.8, 4) is 17.6 Å². The van der Waals surface area contributed by atoms with Gasteiger partial charge in [-0.1, -0.05) is 29.3 Å². The maximum absolute atomic E-state index is 11.7. The predicted octanol–water partition coefficient (Wildman–Crippen LogP) is 3.85. The highest BCUT2D eigenvalue weighted by Crippen LogP contribution is 2.27. The fraction of sp³-hybridized carbons (Fsp3) is 0.0667. The van der Waals surface area contributed by atoms with E-state index in [1.165, 1.54) is 12.1 Å². The predicted molar refractivity (Wildman–Crippen MR) is 78.7 cm³/mol. The van der Waals surface area contributed by atoms with Crippen molar-refractivity contribution >= 4 is 29.2 Å². The first-order valence-electron chi connectivity index (χ1n) is 5.87. The second-order valence-corrected chi connectivity index (χ2v) is 4.82. The van der Waals surface area contributed by atoms with Gasteiger partial charge < -0.3 is 9.47 Å². The van der Waals surface area contributed by atoms with Crippen LogP contribution in [-0.2, 0) is 4.79 Å². The van der Waals surface area contributed by atoms with Crippen molar-refractivity contribution in [2.75, 3.05) is 6.61 Å². The summed E-state index contributed by atoms with van der Waals surface area (Å²) in [5.74, 6) is 0.0183. The highest BCUT2D eigenvalue weighted by atomic mass is 35.5. The maximum Gasteiger partial charge on any atom is 0.349 e. The van der Waals surface area contributed by atoms with Gasteiger partial charge >= 0.3 is 5.97 Å². The van der Waals surface area contributed by atoms with E-state index in [9.17, 15) is 4.79 Å². The van der Waals surface area contributed by atoms with E-state index in [0.717, 1.165) is 0 Å². The van der Waals surface area contributed by atoms with Crippen molar-refractivity contribution in [2.45, 2.75) is 0 Å². The SMILES string of the molecule is N#Cc1cccc(OC(=O)COc2ccc(Cl)cc2Cl)c1. The minimum atomic E-state index is -0.601. The van der Waals surface area contributed by atoms with Gasteiger partial charge in [0.2, 0.25) is 0 Å². The number of carbonyl (C=O) groups is 1. The van der Waals surface area contributed by atoms with Gasteiger partial charge in [-0.25, -0.2) is 4.79 Å². The van der Waals surface area contributed by atoms with Crippen molar-refractivity contribution < 1.29 is 14.3 Å². The molecule has 0 aliphatic rings. The van der Waals surface area contributed by atoms with E-state index in [2.05, 4.69) is 0 Å². The van der Waals surface area contributed by atoms with Crippen molar-refractivity contribution in [2.24, 2.45) is 0 Å². The third-order valence-corrected chi connectivity index (χ3v) is 2.96. The normalized spacial score (nSPS) is 9.76. The van der Waals surface area contributed by atoms with Crippen LogP contribution in [0.25, 0.3) is 0 Å². The summed E-state index contributed by atoms with van der Waals surface area (Å²) in [4.78, 5) is 11.7. The maximum atomic E-state index is 11.7. The fourth-order valence-corrected chi connectivity index (χ4v) is 1.98. The van der Waals surface area contributed by atoms with Crippen molar-refractivity contribution in [3.05, 3.63) is 58.1 Å². The number of halogens is 2. The lowest BCUT2D eigenvalue weighted by atomic mass is 10.2. The lowest BCUT2D eigenvalue weighted by Gasteiger charge is -2.08. The summed E-state index contributed by atoms with van der Waals surface area (Å²) in [5.41, 5.74) is 0.405. The zero-order valence-corrected chi connectivity index (χ0v) is 12.2. The van der Waals surface area contributed by atoms with E-state index in [-0.39, 0.29) is 12.4 Å². The van der Waals surface area contributed by atoms with Gasteiger partial charge in [0.25, 0.3) is 0 Å². The summed E-state index contributed by atoms with van der Waals surface area (Å²) < 4.78 is 10.3. The van der Waals surface area contributed by atoms with E-state index in [1.807, 2.05) is 6.07 Å². The minimum Gasteiger partial charge on any atom is -0.480 e. The Morgan fingerprint density at radius 3 is 2.71 bits per heavy atom. The smallest absolute Gasteiger partial charge is 0.349 e. The zero-order chi connectivity index (χ0) is 15.2. The molecule has 0 bridgehead atoms. The Labute approximate surface area is 131 Å². The molecule has 0 fully saturated rings. The average Bonchev–Trinajstić information content (AvgIpc) is 2.46. The molecule has 21 heavy (non-hydrogen) atoms. The monoisotopic (exact) mass is 321 g/mol. The molecule has 6 heteroatoms. The van der Waals surface area contributed by atoms with Gasteiger partial charge in [-0.3, -0.25) is 0 Å². The van der Waals surface area contributed by atoms with Gasteiger partial charge in [0, 0.05) is 5.02 Å². The van der Waals surface area contributed by atoms with Crippen LogP contribution in [0.1, 0.15) is 5.56 Å². The van der Waals surface area contributed by atoms with Crippen molar-refractivity contribution in [1.82, 2.24) is 0 Å². The highest BCUT2D eigenvalue weighted by molar-refractivity contribution is 6.35. The van der Waals surface area contributed by atoms with Gasteiger partial charge in [0.1, 0.15) is 11.5 Å². The Bertz CT molecular complexity index is 710. The summed E-state index contributed by atoms with van der Waals surface area (Å²) in [5, 5.41) is 9.54. The molecular weight excluding hydrogens is 313 g/mol. The lowest BCUT2D eigenvalue weighted by Crippen LogP contribution is -2.17. The average molecular weight is 322 g/mol. The molecule has 0 aliphatic heterocycles. The second-order valence-electron chi connectivity index (χ2n) is 3.98. The number of nitriles is 1. The molecule has 0 N–H and O–H groups in total. The molecule has 0 radical (unpaired) electrons. The number of esters is 1. The summed E-state index contributed by atoms with van der Waals surface area (Å²) in [6.07, 6.45) is 0. The molecule has 0 spiro atoms. The zero-order valence-electron chi connectivity index (χ0n) is 10.7. The molecule has 0 amide bonds. The van der Waals surface area contributed by atoms with Crippen LogP contribution in [0.15, 0.2) is 42.5 Å². The molecule has 0 saturated carbocycles. The Kier molecular flexibility index (Phi) is 5.04. The molecule has 2 aromatic carbocycles. The molecule has 2 aromatic rings. The van der Waals surface area contributed by atoms with E-state index in [0.29, 0.717) is 21.4 Å². The Morgan fingerprint density at radius 2 is 2.00 bits per heavy atom. The number of ether oxygens (including phenoxy) is 2. The summed E-state index contributed by atoms with van der Waals surface area (Å²) in [7, 11) is 0. The van der Waals surface area contributed by atoms with E-state index < -0.39 is 5.97 Å². The first kappa shape index (κ1) is 15.2. The van der Waals surface area contributed by atoms with Crippen LogP contribution in [0.5, 0.6) is 11.5 Å². The fourth-order valence-electron chi connectivity index (χ4n) is 1.52. The van der Waals surface area contributed by atoms with Gasteiger partial charge in [-0.05, 0) is 36.4 Å². The van der Waals surface area contributed by atoms with Crippen LogP contribution in [0, 0.1) is 11.3 Å². The molecule has 0 heterocycles. The lowest BCUT2D eigenvalue weighted by molar-refractivity contribution is -0.136. The van der Waals surface area contributed by atoms with Crippen molar-refractivity contribution in [1.29, 1.82) is 5.26 Å². The van der Waals surface area contributed by atoms with Gasteiger partial charge in [-0.15, -0.1) is 0 Å². The molecule has 4 nitrogen and oxygen atoms in total. The Balaban J connectivity index is 1.94. The van der Waals surface area contributed by atoms with Crippen LogP contribution < -0.4 is 9.47 Å². The number of benzene rings is 2. The number of carbonyl (C=O) groups excluding carboxylic acids is 1. The van der Waals surface area contributed by atoms with Crippen LogP contribution >= 0.6 is 23.2 Å². The summed E-state index contributed by atoms with van der Waals surface area (Å²) in [6.45, 7) is -0.307. The highest BCUT2D eigenvalue weighted by Gasteiger charge is 2.09. The standard InChI is InChI=1S/C15H9Cl2NO3/c16-11-4-5-14(13(17)7-11)20-9-15(19)21-12-3-1-2-10(6-12)8-18/h1-7H,9H2. The van der Waals surface area contributed by atoms with Crippen LogP contribution in [0.2, 0.25) is 10.0 Å². The number of hydrogen-bond acceptors (Lipinski definition) is 4. The molecule has 0 aromatic heterocycles. The number of nitrogens with zero attached hydrogens (tertiary/aromatic N) is 1. The summed E-state index contributed by atoms with van der Waals surface area (Å²) in [6, 6.07) is 12.9.